The lowest BCUT2D eigenvalue weighted by Gasteiger charge is -2.18. The van der Waals surface area contributed by atoms with E-state index in [1.165, 1.54) is 0 Å². The van der Waals surface area contributed by atoms with Gasteiger partial charge in [-0.3, -0.25) is 28.6 Å². The minimum Gasteiger partial charge on any atom is -0.342 e. The van der Waals surface area contributed by atoms with Gasteiger partial charge in [0, 0.05) is 43.0 Å². The Morgan fingerprint density at radius 3 is 2.44 bits per heavy atom. The van der Waals surface area contributed by atoms with Crippen LogP contribution >= 0.6 is 0 Å². The fourth-order valence-electron chi connectivity index (χ4n) is 4.66. The first-order chi connectivity index (χ1) is 17.3. The van der Waals surface area contributed by atoms with Crippen molar-refractivity contribution in [1.29, 1.82) is 0 Å². The largest absolute Gasteiger partial charge is 0.342 e. The van der Waals surface area contributed by atoms with E-state index in [2.05, 4.69) is 21.1 Å². The molecule has 0 aliphatic carbocycles. The molecule has 36 heavy (non-hydrogen) atoms. The van der Waals surface area contributed by atoms with E-state index in [4.69, 9.17) is 0 Å². The second kappa shape index (κ2) is 9.07. The average molecular weight is 484 g/mol. The van der Waals surface area contributed by atoms with Crippen molar-refractivity contribution in [3.63, 3.8) is 0 Å². The summed E-state index contributed by atoms with van der Waals surface area (Å²) in [6.07, 6.45) is 5.35. The quantitative estimate of drug-likeness (QED) is 0.368. The normalized spacial score (nSPS) is 11.5. The molecule has 0 aliphatic heterocycles. The minimum absolute atomic E-state index is 0.00897. The number of aryl methyl sites for hydroxylation is 3. The van der Waals surface area contributed by atoms with Crippen molar-refractivity contribution < 1.29 is 4.79 Å². The van der Waals surface area contributed by atoms with E-state index in [1.807, 2.05) is 58.2 Å². The monoisotopic (exact) mass is 483 g/mol. The zero-order valence-corrected chi connectivity index (χ0v) is 21.2. The molecule has 0 N–H and O–H groups in total. The van der Waals surface area contributed by atoms with Crippen LogP contribution in [0.25, 0.3) is 38.8 Å². The summed E-state index contributed by atoms with van der Waals surface area (Å²) in [6, 6.07) is 10.0. The Kier molecular flexibility index (Phi) is 5.91. The number of nitrogens with zero attached hydrogens (tertiary/aromatic N) is 7. The first-order valence-corrected chi connectivity index (χ1v) is 12.1. The van der Waals surface area contributed by atoms with Crippen LogP contribution in [0, 0.1) is 13.8 Å². The van der Waals surface area contributed by atoms with E-state index >= 15 is 0 Å². The number of pyridine rings is 2. The molecule has 0 atom stereocenters. The molecule has 9 nitrogen and oxygen atoms in total. The average Bonchev–Trinajstić information content (AvgIpc) is 3.35. The predicted molar refractivity (Wildman–Crippen MR) is 140 cm³/mol. The second-order valence-electron chi connectivity index (χ2n) is 8.95. The van der Waals surface area contributed by atoms with Crippen LogP contribution in [0.15, 0.2) is 53.7 Å². The molecule has 9 heteroatoms. The molecule has 4 heterocycles. The Labute approximate surface area is 208 Å². The van der Waals surface area contributed by atoms with Gasteiger partial charge in [-0.05, 0) is 51.5 Å². The highest BCUT2D eigenvalue weighted by Crippen LogP contribution is 2.30. The number of amides is 1. The van der Waals surface area contributed by atoms with E-state index in [-0.39, 0.29) is 18.1 Å². The molecule has 1 amide bonds. The molecule has 0 saturated heterocycles. The van der Waals surface area contributed by atoms with Crippen molar-refractivity contribution in [2.75, 3.05) is 13.1 Å². The molecule has 0 unspecified atom stereocenters. The Morgan fingerprint density at radius 1 is 1.00 bits per heavy atom. The van der Waals surface area contributed by atoms with Crippen molar-refractivity contribution in [1.82, 2.24) is 33.8 Å². The smallest absolute Gasteiger partial charge is 0.333 e. The Hall–Kier alpha value is -4.27. The highest BCUT2D eigenvalue weighted by molar-refractivity contribution is 6.04. The molecule has 5 aromatic rings. The summed E-state index contributed by atoms with van der Waals surface area (Å²) >= 11 is 0. The first-order valence-electron chi connectivity index (χ1n) is 12.1. The third kappa shape index (κ3) is 3.86. The molecule has 0 fully saturated rings. The van der Waals surface area contributed by atoms with Crippen LogP contribution in [0.2, 0.25) is 0 Å². The van der Waals surface area contributed by atoms with Gasteiger partial charge in [0.25, 0.3) is 0 Å². The predicted octanol–water partition coefficient (Wildman–Crippen LogP) is 3.62. The number of rotatable bonds is 6. The fourth-order valence-corrected chi connectivity index (χ4v) is 4.66. The van der Waals surface area contributed by atoms with Gasteiger partial charge in [0.1, 0.15) is 6.54 Å². The number of carbonyl (C=O) groups excluding carboxylic acids is 1. The molecule has 4 aromatic heterocycles. The van der Waals surface area contributed by atoms with E-state index in [9.17, 15) is 9.59 Å². The molecule has 5 rings (SSSR count). The van der Waals surface area contributed by atoms with Crippen LogP contribution in [0.1, 0.15) is 25.2 Å². The molecule has 0 spiro atoms. The van der Waals surface area contributed by atoms with Gasteiger partial charge in [0.05, 0.1) is 40.3 Å². The summed E-state index contributed by atoms with van der Waals surface area (Å²) in [5.74, 6) is -0.00897. The Bertz CT molecular complexity index is 1650. The van der Waals surface area contributed by atoms with E-state index in [0.717, 1.165) is 38.8 Å². The summed E-state index contributed by atoms with van der Waals surface area (Å²) in [5, 5.41) is 5.42. The van der Waals surface area contributed by atoms with Crippen molar-refractivity contribution in [3.8, 4) is 16.8 Å². The molecule has 0 radical (unpaired) electrons. The number of likely N-dealkylation sites (N-methyl/N-ethyl adjacent to an activating group) is 1. The highest BCUT2D eigenvalue weighted by Gasteiger charge is 2.20. The Morgan fingerprint density at radius 2 is 1.75 bits per heavy atom. The molecule has 1 aromatic carbocycles. The van der Waals surface area contributed by atoms with Gasteiger partial charge in [-0.15, -0.1) is 0 Å². The molecule has 184 valence electrons. The third-order valence-electron chi connectivity index (χ3n) is 6.70. The number of carbonyl (C=O) groups is 1. The van der Waals surface area contributed by atoms with Gasteiger partial charge in [0.15, 0.2) is 0 Å². The van der Waals surface area contributed by atoms with Crippen LogP contribution in [0.5, 0.6) is 0 Å². The van der Waals surface area contributed by atoms with E-state index in [0.29, 0.717) is 24.5 Å². The van der Waals surface area contributed by atoms with Crippen LogP contribution in [0.3, 0.4) is 0 Å². The zero-order chi connectivity index (χ0) is 25.6. The van der Waals surface area contributed by atoms with Gasteiger partial charge >= 0.3 is 5.69 Å². The number of hydrogen-bond acceptors (Lipinski definition) is 5. The van der Waals surface area contributed by atoms with Crippen LogP contribution in [-0.2, 0) is 18.4 Å². The number of hydrogen-bond donors (Lipinski definition) is 0. The fraction of sp³-hybridized carbons (Fsp3) is 0.296. The van der Waals surface area contributed by atoms with Gasteiger partial charge in [-0.2, -0.15) is 5.10 Å². The van der Waals surface area contributed by atoms with Crippen LogP contribution in [-0.4, -0.2) is 52.8 Å². The summed E-state index contributed by atoms with van der Waals surface area (Å²) in [4.78, 5) is 37.0. The van der Waals surface area contributed by atoms with Gasteiger partial charge in [-0.25, -0.2) is 4.79 Å². The van der Waals surface area contributed by atoms with Crippen LogP contribution in [0.4, 0.5) is 0 Å². The lowest BCUT2D eigenvalue weighted by molar-refractivity contribution is -0.131. The van der Waals surface area contributed by atoms with E-state index < -0.39 is 0 Å². The minimum atomic E-state index is -0.195. The third-order valence-corrected chi connectivity index (χ3v) is 6.70. The molecule has 0 aliphatic rings. The number of imidazole rings is 1. The first kappa shape index (κ1) is 23.5. The second-order valence-corrected chi connectivity index (χ2v) is 8.95. The maximum atomic E-state index is 13.5. The molecule has 0 bridgehead atoms. The maximum Gasteiger partial charge on any atom is 0.333 e. The summed E-state index contributed by atoms with van der Waals surface area (Å²) in [6.45, 7) is 9.12. The Balaban J connectivity index is 1.70. The lowest BCUT2D eigenvalue weighted by Crippen LogP contribution is -2.33. The summed E-state index contributed by atoms with van der Waals surface area (Å²) in [5.41, 5.74) is 6.31. The lowest BCUT2D eigenvalue weighted by atomic mass is 10.0. The van der Waals surface area contributed by atoms with Gasteiger partial charge in [-0.1, -0.05) is 12.1 Å². The van der Waals surface area contributed by atoms with Gasteiger partial charge < -0.3 is 4.90 Å². The van der Waals surface area contributed by atoms with Crippen molar-refractivity contribution in [2.45, 2.75) is 34.2 Å². The van der Waals surface area contributed by atoms with Crippen molar-refractivity contribution >= 4 is 27.8 Å². The molecular formula is C27H29N7O2. The van der Waals surface area contributed by atoms with Gasteiger partial charge in [0.2, 0.25) is 5.91 Å². The number of benzene rings is 1. The highest BCUT2D eigenvalue weighted by atomic mass is 16.2. The topological polar surface area (TPSA) is 90.8 Å². The molecular weight excluding hydrogens is 454 g/mol. The molecule has 0 saturated carbocycles. The summed E-state index contributed by atoms with van der Waals surface area (Å²) in [7, 11) is 1.74. The van der Waals surface area contributed by atoms with E-state index in [1.54, 1.807) is 38.2 Å². The van der Waals surface area contributed by atoms with Crippen molar-refractivity contribution in [3.05, 3.63) is 70.8 Å². The standard InChI is InChI=1S/C27H29N7O2/c1-6-32(7-2)25(35)16-33-15-24(18(4)30-33)34-26-21-12-19(20-9-8-17(3)28-13-20)10-11-22(21)29-14-23(26)31(5)27(34)36/h8-15H,6-7,16H2,1-5H3. The van der Waals surface area contributed by atoms with Crippen molar-refractivity contribution in [2.24, 2.45) is 7.05 Å². The number of fused-ring (bicyclic) bond motifs is 3. The SMILES string of the molecule is CCN(CC)C(=O)Cn1cc(-n2c(=O)n(C)c3cnc4ccc(-c5ccc(C)nc5)cc4c32)c(C)n1. The summed E-state index contributed by atoms with van der Waals surface area (Å²) < 4.78 is 4.89. The number of aromatic nitrogens is 6. The maximum absolute atomic E-state index is 13.5. The van der Waals surface area contributed by atoms with Crippen LogP contribution < -0.4 is 5.69 Å². The zero-order valence-electron chi connectivity index (χ0n) is 21.2.